The van der Waals surface area contributed by atoms with Crippen LogP contribution in [-0.4, -0.2) is 40.2 Å². The van der Waals surface area contributed by atoms with Gasteiger partial charge in [0.05, 0.1) is 16.7 Å². The minimum Gasteiger partial charge on any atom is -0.478 e. The highest BCUT2D eigenvalue weighted by Crippen LogP contribution is 2.24. The van der Waals surface area contributed by atoms with Gasteiger partial charge in [-0.3, -0.25) is 19.3 Å². The molecule has 0 aliphatic carbocycles. The van der Waals surface area contributed by atoms with Crippen molar-refractivity contribution < 1.29 is 24.3 Å². The van der Waals surface area contributed by atoms with Crippen molar-refractivity contribution >= 4 is 29.4 Å². The van der Waals surface area contributed by atoms with Crippen LogP contribution in [0, 0.1) is 0 Å². The van der Waals surface area contributed by atoms with Crippen molar-refractivity contribution in [1.29, 1.82) is 0 Å². The number of hydrogen-bond acceptors (Lipinski definition) is 4. The van der Waals surface area contributed by atoms with Crippen LogP contribution in [0.3, 0.4) is 0 Å². The lowest BCUT2D eigenvalue weighted by molar-refractivity contribution is 0.0666. The monoisotopic (exact) mass is 350 g/mol. The number of carboxylic acids is 1. The number of nitrogens with one attached hydrogen (secondary N) is 1. The Morgan fingerprint density at radius 1 is 1.00 bits per heavy atom. The zero-order valence-corrected chi connectivity index (χ0v) is 13.6. The fourth-order valence-electron chi connectivity index (χ4n) is 2.63. The smallest absolute Gasteiger partial charge is 0.335 e. The van der Waals surface area contributed by atoms with Gasteiger partial charge in [-0.15, -0.1) is 6.58 Å². The van der Waals surface area contributed by atoms with Crippen molar-refractivity contribution in [3.8, 4) is 0 Å². The van der Waals surface area contributed by atoms with E-state index in [1.807, 2.05) is 0 Å². The number of imide groups is 1. The first kappa shape index (κ1) is 17.1. The SMILES string of the molecule is C=CCN1C(=O)c2ccc(C(=O)Nc3ccc(C(=O)O)cc3)cc2C1=O. The topological polar surface area (TPSA) is 104 Å². The maximum absolute atomic E-state index is 12.4. The highest BCUT2D eigenvalue weighted by atomic mass is 16.4. The van der Waals surface area contributed by atoms with Crippen molar-refractivity contribution in [2.24, 2.45) is 0 Å². The molecule has 7 heteroatoms. The Bertz CT molecular complexity index is 947. The van der Waals surface area contributed by atoms with Gasteiger partial charge in [0.15, 0.2) is 0 Å². The molecule has 1 heterocycles. The number of carbonyl (C=O) groups excluding carboxylic acids is 3. The summed E-state index contributed by atoms with van der Waals surface area (Å²) in [7, 11) is 0. The molecule has 1 aliphatic rings. The van der Waals surface area contributed by atoms with Gasteiger partial charge in [-0.25, -0.2) is 4.79 Å². The van der Waals surface area contributed by atoms with E-state index in [2.05, 4.69) is 11.9 Å². The largest absolute Gasteiger partial charge is 0.478 e. The molecule has 2 N–H and O–H groups in total. The fraction of sp³-hybridized carbons (Fsp3) is 0.0526. The van der Waals surface area contributed by atoms with E-state index in [0.717, 1.165) is 4.90 Å². The second-order valence-corrected chi connectivity index (χ2v) is 5.61. The van der Waals surface area contributed by atoms with E-state index < -0.39 is 23.7 Å². The predicted octanol–water partition coefficient (Wildman–Crippen LogP) is 2.42. The number of benzene rings is 2. The minimum atomic E-state index is -1.06. The molecule has 3 amide bonds. The maximum Gasteiger partial charge on any atom is 0.335 e. The molecule has 26 heavy (non-hydrogen) atoms. The fourth-order valence-corrected chi connectivity index (χ4v) is 2.63. The summed E-state index contributed by atoms with van der Waals surface area (Å²) in [4.78, 5) is 48.7. The first-order chi connectivity index (χ1) is 12.4. The average Bonchev–Trinajstić information content (AvgIpc) is 2.87. The summed E-state index contributed by atoms with van der Waals surface area (Å²) < 4.78 is 0. The first-order valence-electron chi connectivity index (χ1n) is 7.68. The highest BCUT2D eigenvalue weighted by molar-refractivity contribution is 6.22. The molecule has 2 aromatic rings. The van der Waals surface area contributed by atoms with Crippen LogP contribution in [0.4, 0.5) is 5.69 Å². The third kappa shape index (κ3) is 2.98. The van der Waals surface area contributed by atoms with E-state index >= 15 is 0 Å². The molecule has 1 aliphatic heterocycles. The second kappa shape index (κ2) is 6.64. The number of amides is 3. The number of hydrogen-bond donors (Lipinski definition) is 2. The molecule has 0 spiro atoms. The van der Waals surface area contributed by atoms with Crippen LogP contribution >= 0.6 is 0 Å². The Hall–Kier alpha value is -3.74. The molecule has 0 saturated carbocycles. The quantitative estimate of drug-likeness (QED) is 0.637. The van der Waals surface area contributed by atoms with Crippen molar-refractivity contribution in [3.63, 3.8) is 0 Å². The normalized spacial score (nSPS) is 12.7. The molecule has 0 atom stereocenters. The summed E-state index contributed by atoms with van der Waals surface area (Å²) in [5.41, 5.74) is 1.15. The third-order valence-corrected chi connectivity index (χ3v) is 3.93. The van der Waals surface area contributed by atoms with Gasteiger partial charge in [0, 0.05) is 17.8 Å². The number of carboxylic acid groups (broad SMARTS) is 1. The predicted molar refractivity (Wildman–Crippen MR) is 93.4 cm³/mol. The van der Waals surface area contributed by atoms with Crippen LogP contribution < -0.4 is 5.32 Å². The Morgan fingerprint density at radius 3 is 2.23 bits per heavy atom. The summed E-state index contributed by atoms with van der Waals surface area (Å²) in [6.07, 6.45) is 1.45. The molecule has 0 fully saturated rings. The van der Waals surface area contributed by atoms with Gasteiger partial charge in [0.2, 0.25) is 0 Å². The minimum absolute atomic E-state index is 0.101. The number of fused-ring (bicyclic) bond motifs is 1. The molecular weight excluding hydrogens is 336 g/mol. The summed E-state index contributed by atoms with van der Waals surface area (Å²) >= 11 is 0. The van der Waals surface area contributed by atoms with E-state index in [0.29, 0.717) is 5.69 Å². The van der Waals surface area contributed by atoms with Gasteiger partial charge >= 0.3 is 5.97 Å². The van der Waals surface area contributed by atoms with E-state index in [1.165, 1.54) is 48.5 Å². The zero-order chi connectivity index (χ0) is 18.8. The van der Waals surface area contributed by atoms with Gasteiger partial charge in [0.25, 0.3) is 17.7 Å². The molecule has 0 radical (unpaired) electrons. The van der Waals surface area contributed by atoms with E-state index in [-0.39, 0.29) is 28.8 Å². The summed E-state index contributed by atoms with van der Waals surface area (Å²) in [5.74, 6) is -2.42. The number of rotatable bonds is 5. The Labute approximate surface area is 148 Å². The number of nitrogens with zero attached hydrogens (tertiary/aromatic N) is 1. The molecule has 7 nitrogen and oxygen atoms in total. The lowest BCUT2D eigenvalue weighted by Gasteiger charge is -2.09. The van der Waals surface area contributed by atoms with Gasteiger partial charge in [0.1, 0.15) is 0 Å². The molecular formula is C19H14N2O5. The van der Waals surface area contributed by atoms with Gasteiger partial charge < -0.3 is 10.4 Å². The Morgan fingerprint density at radius 2 is 1.62 bits per heavy atom. The molecule has 0 aromatic heterocycles. The lowest BCUT2D eigenvalue weighted by atomic mass is 10.1. The first-order valence-corrected chi connectivity index (χ1v) is 7.68. The number of anilines is 1. The van der Waals surface area contributed by atoms with Crippen molar-refractivity contribution in [2.75, 3.05) is 11.9 Å². The highest BCUT2D eigenvalue weighted by Gasteiger charge is 2.35. The van der Waals surface area contributed by atoms with Crippen molar-refractivity contribution in [2.45, 2.75) is 0 Å². The van der Waals surface area contributed by atoms with Crippen LogP contribution in [0.2, 0.25) is 0 Å². The maximum atomic E-state index is 12.4. The Kier molecular flexibility index (Phi) is 4.36. The van der Waals surface area contributed by atoms with Gasteiger partial charge in [-0.2, -0.15) is 0 Å². The van der Waals surface area contributed by atoms with E-state index in [4.69, 9.17) is 5.11 Å². The van der Waals surface area contributed by atoms with E-state index in [1.54, 1.807) is 0 Å². The standard InChI is InChI=1S/C19H14N2O5/c1-2-9-21-17(23)14-8-5-12(10-15(14)18(21)24)16(22)20-13-6-3-11(4-7-13)19(25)26/h2-8,10H,1,9H2,(H,20,22)(H,25,26). The average molecular weight is 350 g/mol. The van der Waals surface area contributed by atoms with Gasteiger partial charge in [-0.1, -0.05) is 6.08 Å². The van der Waals surface area contributed by atoms with Crippen LogP contribution in [-0.2, 0) is 0 Å². The number of carbonyl (C=O) groups is 4. The van der Waals surface area contributed by atoms with Crippen molar-refractivity contribution in [1.82, 2.24) is 4.90 Å². The van der Waals surface area contributed by atoms with Crippen molar-refractivity contribution in [3.05, 3.63) is 77.4 Å². The van der Waals surface area contributed by atoms with E-state index in [9.17, 15) is 19.2 Å². The lowest BCUT2D eigenvalue weighted by Crippen LogP contribution is -2.29. The number of aromatic carboxylic acids is 1. The molecule has 3 rings (SSSR count). The molecule has 0 saturated heterocycles. The summed E-state index contributed by atoms with van der Waals surface area (Å²) in [6.45, 7) is 3.62. The molecule has 130 valence electrons. The van der Waals surface area contributed by atoms with Crippen LogP contribution in [0.15, 0.2) is 55.1 Å². The third-order valence-electron chi connectivity index (χ3n) is 3.93. The second-order valence-electron chi connectivity index (χ2n) is 5.61. The van der Waals surface area contributed by atoms with Crippen LogP contribution in [0.5, 0.6) is 0 Å². The van der Waals surface area contributed by atoms with Gasteiger partial charge in [-0.05, 0) is 42.5 Å². The molecule has 2 aromatic carbocycles. The summed E-state index contributed by atoms with van der Waals surface area (Å²) in [5, 5.41) is 11.5. The zero-order valence-electron chi connectivity index (χ0n) is 13.6. The molecule has 0 bridgehead atoms. The van der Waals surface area contributed by atoms with Crippen LogP contribution in [0.25, 0.3) is 0 Å². The molecule has 0 unspecified atom stereocenters. The Balaban J connectivity index is 1.82. The van der Waals surface area contributed by atoms with Crippen LogP contribution in [0.1, 0.15) is 41.4 Å². The summed E-state index contributed by atoms with van der Waals surface area (Å²) in [6, 6.07) is 9.96.